The van der Waals surface area contributed by atoms with Gasteiger partial charge in [-0.25, -0.2) is 8.42 Å². The monoisotopic (exact) mass is 513 g/mol. The summed E-state index contributed by atoms with van der Waals surface area (Å²) >= 11 is 0. The molecule has 0 spiro atoms. The van der Waals surface area contributed by atoms with Crippen molar-refractivity contribution in [3.63, 3.8) is 0 Å². The Morgan fingerprint density at radius 1 is 1.00 bits per heavy atom. The highest BCUT2D eigenvalue weighted by atomic mass is 32.2. The molecule has 2 aromatic carbocycles. The first-order chi connectivity index (χ1) is 17.1. The lowest BCUT2D eigenvalue weighted by Gasteiger charge is -2.33. The SMILES string of the molecule is Cc1cccc(N(CC(=O)N(CCc2ccccc2)[C@H](C)C(=O)NC2CCCCC2)S(C)(=O)=O)c1C. The highest BCUT2D eigenvalue weighted by Crippen LogP contribution is 2.25. The van der Waals surface area contributed by atoms with Gasteiger partial charge in [-0.05, 0) is 62.8 Å². The van der Waals surface area contributed by atoms with Crippen LogP contribution in [-0.4, -0.2) is 56.6 Å². The number of anilines is 1. The van der Waals surface area contributed by atoms with Crippen LogP contribution in [0.2, 0.25) is 0 Å². The van der Waals surface area contributed by atoms with Gasteiger partial charge >= 0.3 is 0 Å². The Labute approximate surface area is 215 Å². The van der Waals surface area contributed by atoms with Crippen LogP contribution in [0.15, 0.2) is 48.5 Å². The van der Waals surface area contributed by atoms with Gasteiger partial charge < -0.3 is 10.2 Å². The summed E-state index contributed by atoms with van der Waals surface area (Å²) in [5, 5.41) is 3.12. The standard InChI is InChI=1S/C28H39N3O4S/c1-21-12-11-17-26(22(21)2)31(36(4,34)35)20-27(32)30(19-18-24-13-7-5-8-14-24)23(3)28(33)29-25-15-9-6-10-16-25/h5,7-8,11-14,17,23,25H,6,9-10,15-16,18-20H2,1-4H3,(H,29,33)/t23-/m1/s1. The molecular formula is C28H39N3O4S. The molecule has 0 unspecified atom stereocenters. The Morgan fingerprint density at radius 2 is 1.67 bits per heavy atom. The van der Waals surface area contributed by atoms with E-state index in [2.05, 4.69) is 5.32 Å². The van der Waals surface area contributed by atoms with Crippen molar-refractivity contribution in [3.05, 3.63) is 65.2 Å². The summed E-state index contributed by atoms with van der Waals surface area (Å²) in [5.41, 5.74) is 3.27. The Morgan fingerprint density at radius 3 is 2.31 bits per heavy atom. The molecular weight excluding hydrogens is 474 g/mol. The Kier molecular flexibility index (Phi) is 9.54. The number of hydrogen-bond donors (Lipinski definition) is 1. The quantitative estimate of drug-likeness (QED) is 0.521. The number of aryl methyl sites for hydroxylation is 1. The zero-order chi connectivity index (χ0) is 26.3. The number of sulfonamides is 1. The van der Waals surface area contributed by atoms with E-state index in [1.807, 2.05) is 50.2 Å². The Bertz CT molecular complexity index is 1140. The minimum atomic E-state index is -3.74. The number of nitrogens with zero attached hydrogens (tertiary/aromatic N) is 2. The first kappa shape index (κ1) is 27.7. The number of hydrogen-bond acceptors (Lipinski definition) is 4. The van der Waals surface area contributed by atoms with Crippen LogP contribution in [0.4, 0.5) is 5.69 Å². The molecule has 3 rings (SSSR count). The van der Waals surface area contributed by atoms with E-state index in [9.17, 15) is 18.0 Å². The zero-order valence-corrected chi connectivity index (χ0v) is 22.7. The lowest BCUT2D eigenvalue weighted by Crippen LogP contribution is -2.53. The fraction of sp³-hybridized carbons (Fsp3) is 0.500. The van der Waals surface area contributed by atoms with Gasteiger partial charge in [0.15, 0.2) is 0 Å². The maximum Gasteiger partial charge on any atom is 0.244 e. The molecule has 36 heavy (non-hydrogen) atoms. The first-order valence-corrected chi connectivity index (χ1v) is 14.6. The molecule has 0 heterocycles. The van der Waals surface area contributed by atoms with E-state index < -0.39 is 22.0 Å². The van der Waals surface area contributed by atoms with Crippen molar-refractivity contribution in [2.75, 3.05) is 23.7 Å². The minimum absolute atomic E-state index is 0.127. The third-order valence-corrected chi connectivity index (χ3v) is 8.25. The van der Waals surface area contributed by atoms with E-state index in [4.69, 9.17) is 0 Å². The smallest absolute Gasteiger partial charge is 0.244 e. The van der Waals surface area contributed by atoms with Crippen molar-refractivity contribution < 1.29 is 18.0 Å². The number of carbonyl (C=O) groups excluding carboxylic acids is 2. The van der Waals surface area contributed by atoms with E-state index in [0.717, 1.165) is 52.9 Å². The average Bonchev–Trinajstić information content (AvgIpc) is 2.85. The van der Waals surface area contributed by atoms with Crippen LogP contribution in [0.3, 0.4) is 0 Å². The molecule has 1 aliphatic carbocycles. The zero-order valence-electron chi connectivity index (χ0n) is 21.9. The molecule has 1 saturated carbocycles. The van der Waals surface area contributed by atoms with Crippen LogP contribution in [0.1, 0.15) is 55.7 Å². The summed E-state index contributed by atoms with van der Waals surface area (Å²) in [7, 11) is -3.74. The third kappa shape index (κ3) is 7.32. The topological polar surface area (TPSA) is 86.8 Å². The normalized spacial score (nSPS) is 15.2. The highest BCUT2D eigenvalue weighted by Gasteiger charge is 2.31. The summed E-state index contributed by atoms with van der Waals surface area (Å²) in [6, 6.07) is 14.6. The molecule has 0 bridgehead atoms. The predicted molar refractivity (Wildman–Crippen MR) is 144 cm³/mol. The molecule has 196 valence electrons. The van der Waals surface area contributed by atoms with E-state index in [1.165, 1.54) is 11.3 Å². The van der Waals surface area contributed by atoms with Crippen LogP contribution in [0.5, 0.6) is 0 Å². The van der Waals surface area contributed by atoms with E-state index in [1.54, 1.807) is 19.1 Å². The molecule has 8 heteroatoms. The molecule has 2 aromatic rings. The summed E-state index contributed by atoms with van der Waals surface area (Å²) in [6.07, 6.45) is 6.94. The fourth-order valence-corrected chi connectivity index (χ4v) is 5.64. The second-order valence-electron chi connectivity index (χ2n) is 9.83. The molecule has 0 radical (unpaired) electrons. The van der Waals surface area contributed by atoms with Gasteiger partial charge in [-0.3, -0.25) is 13.9 Å². The van der Waals surface area contributed by atoms with Crippen LogP contribution < -0.4 is 9.62 Å². The van der Waals surface area contributed by atoms with Gasteiger partial charge in [0.2, 0.25) is 21.8 Å². The van der Waals surface area contributed by atoms with E-state index in [0.29, 0.717) is 18.7 Å². The number of benzene rings is 2. The molecule has 7 nitrogen and oxygen atoms in total. The molecule has 2 amide bonds. The van der Waals surface area contributed by atoms with Crippen LogP contribution in [0.25, 0.3) is 0 Å². The maximum atomic E-state index is 13.7. The number of amides is 2. The summed E-state index contributed by atoms with van der Waals surface area (Å²) < 4.78 is 26.7. The van der Waals surface area contributed by atoms with Crippen molar-refractivity contribution in [1.82, 2.24) is 10.2 Å². The van der Waals surface area contributed by atoms with Crippen molar-refractivity contribution >= 4 is 27.5 Å². The number of nitrogens with one attached hydrogen (secondary N) is 1. The summed E-state index contributed by atoms with van der Waals surface area (Å²) in [5.74, 6) is -0.593. The molecule has 1 atom stereocenters. The fourth-order valence-electron chi connectivity index (χ4n) is 4.74. The predicted octanol–water partition coefficient (Wildman–Crippen LogP) is 3.98. The van der Waals surface area contributed by atoms with Gasteiger partial charge in [0.05, 0.1) is 11.9 Å². The molecule has 0 saturated heterocycles. The molecule has 0 aromatic heterocycles. The molecule has 1 fully saturated rings. The van der Waals surface area contributed by atoms with Gasteiger partial charge in [-0.2, -0.15) is 0 Å². The third-order valence-electron chi connectivity index (χ3n) is 7.13. The van der Waals surface area contributed by atoms with Gasteiger partial charge in [0, 0.05) is 12.6 Å². The van der Waals surface area contributed by atoms with Gasteiger partial charge in [-0.1, -0.05) is 61.7 Å². The largest absolute Gasteiger partial charge is 0.352 e. The Balaban J connectivity index is 1.84. The lowest BCUT2D eigenvalue weighted by atomic mass is 9.95. The molecule has 0 aliphatic heterocycles. The van der Waals surface area contributed by atoms with Crippen molar-refractivity contribution in [3.8, 4) is 0 Å². The summed E-state index contributed by atoms with van der Waals surface area (Å²) in [6.45, 7) is 5.43. The van der Waals surface area contributed by atoms with Gasteiger partial charge in [0.25, 0.3) is 0 Å². The van der Waals surface area contributed by atoms with Crippen molar-refractivity contribution in [2.45, 2.75) is 71.4 Å². The van der Waals surface area contributed by atoms with E-state index >= 15 is 0 Å². The summed E-state index contributed by atoms with van der Waals surface area (Å²) in [4.78, 5) is 28.4. The second kappa shape index (κ2) is 12.4. The average molecular weight is 514 g/mol. The Hall–Kier alpha value is -2.87. The molecule has 1 N–H and O–H groups in total. The van der Waals surface area contributed by atoms with Crippen LogP contribution in [-0.2, 0) is 26.0 Å². The van der Waals surface area contributed by atoms with Gasteiger partial charge in [0.1, 0.15) is 12.6 Å². The van der Waals surface area contributed by atoms with Gasteiger partial charge in [-0.15, -0.1) is 0 Å². The maximum absolute atomic E-state index is 13.7. The number of rotatable bonds is 10. The lowest BCUT2D eigenvalue weighted by molar-refractivity contribution is -0.139. The van der Waals surface area contributed by atoms with Crippen LogP contribution >= 0.6 is 0 Å². The van der Waals surface area contributed by atoms with Crippen molar-refractivity contribution in [1.29, 1.82) is 0 Å². The first-order valence-electron chi connectivity index (χ1n) is 12.8. The van der Waals surface area contributed by atoms with E-state index in [-0.39, 0.29) is 18.5 Å². The number of carbonyl (C=O) groups is 2. The minimum Gasteiger partial charge on any atom is -0.352 e. The van der Waals surface area contributed by atoms with Crippen LogP contribution in [0, 0.1) is 13.8 Å². The highest BCUT2D eigenvalue weighted by molar-refractivity contribution is 7.92. The second-order valence-corrected chi connectivity index (χ2v) is 11.7. The molecule has 1 aliphatic rings. The van der Waals surface area contributed by atoms with Crippen molar-refractivity contribution in [2.24, 2.45) is 0 Å².